The molecule has 2 nitrogen and oxygen atoms in total. The Morgan fingerprint density at radius 1 is 0.389 bits per heavy atom. The van der Waals surface area contributed by atoms with Crippen LogP contribution in [-0.4, -0.2) is 4.57 Å². The summed E-state index contributed by atoms with van der Waals surface area (Å²) in [5.74, 6) is 0. The van der Waals surface area contributed by atoms with Crippen LogP contribution in [0.2, 0.25) is 0 Å². The van der Waals surface area contributed by atoms with Crippen LogP contribution in [0.5, 0.6) is 0 Å². The quantitative estimate of drug-likeness (QED) is 0.161. The number of fused-ring (bicyclic) bond motifs is 5. The molecule has 0 aliphatic carbocycles. The summed E-state index contributed by atoms with van der Waals surface area (Å²) in [6.45, 7) is 0. The second kappa shape index (κ2) is 13.4. The number of aromatic nitrogens is 1. The Morgan fingerprint density at radius 2 is 0.981 bits per heavy atom. The van der Waals surface area contributed by atoms with Gasteiger partial charge in [0, 0.05) is 33.5 Å². The molecule has 0 saturated carbocycles. The number of anilines is 3. The van der Waals surface area contributed by atoms with E-state index in [9.17, 15) is 0 Å². The first kappa shape index (κ1) is 26.6. The molecule has 0 bridgehead atoms. The van der Waals surface area contributed by atoms with Gasteiger partial charge in [-0.05, 0) is 105 Å². The van der Waals surface area contributed by atoms with Gasteiger partial charge in [-0.25, -0.2) is 0 Å². The van der Waals surface area contributed by atoms with Gasteiger partial charge < -0.3 is 9.47 Å². The largest absolute Gasteiger partial charge is 0.310 e. The van der Waals surface area contributed by atoms with Gasteiger partial charge in [-0.3, -0.25) is 0 Å². The topological polar surface area (TPSA) is 8.17 Å². The summed E-state index contributed by atoms with van der Waals surface area (Å²) < 4.78 is 45.2. The molecule has 0 aliphatic rings. The monoisotopic (exact) mass is 693 g/mol. The lowest BCUT2D eigenvalue weighted by molar-refractivity contribution is 1.18. The third-order valence-electron chi connectivity index (χ3n) is 10.3. The first-order valence-electron chi connectivity index (χ1n) is 20.6. The van der Waals surface area contributed by atoms with Crippen molar-refractivity contribution in [1.82, 2.24) is 4.57 Å². The summed E-state index contributed by atoms with van der Waals surface area (Å²) in [6, 6.07) is 63.4. The van der Waals surface area contributed by atoms with Gasteiger partial charge in [0.05, 0.1) is 17.9 Å². The molecule has 10 rings (SSSR count). The van der Waals surface area contributed by atoms with E-state index in [1.54, 1.807) is 0 Å². The summed E-state index contributed by atoms with van der Waals surface area (Å²) >= 11 is 0. The molecule has 0 unspecified atom stereocenters. The maximum absolute atomic E-state index is 8.89. The molecule has 1 aromatic heterocycles. The van der Waals surface area contributed by atoms with E-state index < -0.39 is 6.04 Å². The maximum atomic E-state index is 8.89. The third-order valence-corrected chi connectivity index (χ3v) is 10.3. The lowest BCUT2D eigenvalue weighted by Gasteiger charge is -2.26. The van der Waals surface area contributed by atoms with Gasteiger partial charge >= 0.3 is 0 Å². The SMILES string of the molecule is [2H]c1c([2H])c([2H])c(-c2cccc3c2c2c4ccccc4ccc2n3-c2ccc(-c3cccc(N(c4ccccc4)c4ccc(-c5ccccc5)cc4)c3)cc2)c([2H])c1[2H]. The van der Waals surface area contributed by atoms with Crippen molar-refractivity contribution >= 4 is 49.6 Å². The van der Waals surface area contributed by atoms with Crippen LogP contribution in [0.4, 0.5) is 17.1 Å². The van der Waals surface area contributed by atoms with Crippen molar-refractivity contribution in [3.05, 3.63) is 218 Å². The summed E-state index contributed by atoms with van der Waals surface area (Å²) in [4.78, 5) is 2.28. The van der Waals surface area contributed by atoms with Gasteiger partial charge in [-0.1, -0.05) is 158 Å². The van der Waals surface area contributed by atoms with E-state index in [1.165, 1.54) is 5.56 Å². The van der Waals surface area contributed by atoms with E-state index in [4.69, 9.17) is 6.85 Å². The zero-order chi connectivity index (χ0) is 40.2. The molecule has 9 aromatic carbocycles. The molecule has 254 valence electrons. The van der Waals surface area contributed by atoms with Crippen molar-refractivity contribution in [2.24, 2.45) is 0 Å². The highest BCUT2D eigenvalue weighted by atomic mass is 15.1. The molecule has 54 heavy (non-hydrogen) atoms. The smallest absolute Gasteiger partial charge is 0.0629 e. The molecular weight excluding hydrogens is 653 g/mol. The number of benzene rings is 9. The molecule has 0 spiro atoms. The Labute approximate surface area is 322 Å². The molecule has 0 saturated heterocycles. The van der Waals surface area contributed by atoms with Gasteiger partial charge in [-0.2, -0.15) is 0 Å². The molecule has 10 aromatic rings. The standard InChI is InChI=1S/C52H36N2/c1-4-14-37(15-5-1)38-26-31-44(32-27-38)53(43-20-8-3-9-21-43)46-22-12-19-42(36-46)39-28-33-45(34-29-39)54-49-25-13-24-48(40-16-6-2-7-17-40)51(49)52-47-23-11-10-18-41(47)30-35-50(52)54/h1-36H/i2D,6D,7D,16D,17D. The highest BCUT2D eigenvalue weighted by Gasteiger charge is 2.19. The second-order valence-corrected chi connectivity index (χ2v) is 13.4. The molecule has 0 amide bonds. The normalized spacial score (nSPS) is 12.6. The molecule has 1 heterocycles. The summed E-state index contributed by atoms with van der Waals surface area (Å²) in [7, 11) is 0. The Bertz CT molecular complexity index is 3170. The Kier molecular flexibility index (Phi) is 6.61. The van der Waals surface area contributed by atoms with E-state index >= 15 is 0 Å². The van der Waals surface area contributed by atoms with Crippen molar-refractivity contribution in [3.8, 4) is 39.1 Å². The van der Waals surface area contributed by atoms with Gasteiger partial charge in [0.25, 0.3) is 0 Å². The summed E-state index contributed by atoms with van der Waals surface area (Å²) in [5.41, 5.74) is 11.2. The number of para-hydroxylation sites is 1. The molecule has 0 fully saturated rings. The van der Waals surface area contributed by atoms with Crippen molar-refractivity contribution in [3.63, 3.8) is 0 Å². The van der Waals surface area contributed by atoms with Crippen LogP contribution < -0.4 is 4.90 Å². The number of hydrogen-bond acceptors (Lipinski definition) is 1. The third kappa shape index (κ3) is 5.53. The van der Waals surface area contributed by atoms with Crippen molar-refractivity contribution in [2.75, 3.05) is 4.90 Å². The Hall–Kier alpha value is -7.16. The molecular formula is C52H36N2. The molecule has 0 N–H and O–H groups in total. The van der Waals surface area contributed by atoms with Crippen LogP contribution in [0.3, 0.4) is 0 Å². The highest BCUT2D eigenvalue weighted by molar-refractivity contribution is 6.25. The fourth-order valence-electron chi connectivity index (χ4n) is 7.78. The predicted molar refractivity (Wildman–Crippen MR) is 229 cm³/mol. The minimum absolute atomic E-state index is 0.195. The van der Waals surface area contributed by atoms with E-state index in [0.717, 1.165) is 72.0 Å². The van der Waals surface area contributed by atoms with Crippen molar-refractivity contribution < 1.29 is 6.85 Å². The minimum atomic E-state index is -0.403. The highest BCUT2D eigenvalue weighted by Crippen LogP contribution is 2.42. The van der Waals surface area contributed by atoms with Gasteiger partial charge in [-0.15, -0.1) is 0 Å². The number of hydrogen-bond donors (Lipinski definition) is 0. The van der Waals surface area contributed by atoms with Crippen LogP contribution in [0.25, 0.3) is 71.6 Å². The lowest BCUT2D eigenvalue weighted by Crippen LogP contribution is -2.09. The van der Waals surface area contributed by atoms with Crippen LogP contribution in [0.1, 0.15) is 6.85 Å². The van der Waals surface area contributed by atoms with Crippen LogP contribution in [-0.2, 0) is 0 Å². The first-order chi connectivity index (χ1) is 28.9. The zero-order valence-corrected chi connectivity index (χ0v) is 29.3. The van der Waals surface area contributed by atoms with Gasteiger partial charge in [0.2, 0.25) is 0 Å². The second-order valence-electron chi connectivity index (χ2n) is 13.4. The van der Waals surface area contributed by atoms with Crippen LogP contribution >= 0.6 is 0 Å². The fraction of sp³-hybridized carbons (Fsp3) is 0. The molecule has 2 heteroatoms. The van der Waals surface area contributed by atoms with Gasteiger partial charge in [0.15, 0.2) is 0 Å². The number of rotatable bonds is 7. The summed E-state index contributed by atoms with van der Waals surface area (Å²) in [5, 5.41) is 3.89. The Balaban J connectivity index is 1.09. The van der Waals surface area contributed by atoms with Crippen LogP contribution in [0, 0.1) is 0 Å². The fourth-order valence-corrected chi connectivity index (χ4v) is 7.78. The lowest BCUT2D eigenvalue weighted by atomic mass is 9.97. The average molecular weight is 694 g/mol. The molecule has 0 radical (unpaired) electrons. The molecule has 0 aliphatic heterocycles. The number of nitrogens with zero attached hydrogens (tertiary/aromatic N) is 2. The van der Waals surface area contributed by atoms with Crippen molar-refractivity contribution in [1.29, 1.82) is 0 Å². The average Bonchev–Trinajstić information content (AvgIpc) is 3.64. The first-order valence-corrected chi connectivity index (χ1v) is 18.1. The van der Waals surface area contributed by atoms with E-state index in [2.05, 4.69) is 155 Å². The van der Waals surface area contributed by atoms with E-state index in [-0.39, 0.29) is 29.7 Å². The van der Waals surface area contributed by atoms with E-state index in [0.29, 0.717) is 5.56 Å². The van der Waals surface area contributed by atoms with Crippen molar-refractivity contribution in [2.45, 2.75) is 0 Å². The molecule has 0 atom stereocenters. The van der Waals surface area contributed by atoms with E-state index in [1.807, 2.05) is 42.5 Å². The van der Waals surface area contributed by atoms with Gasteiger partial charge in [0.1, 0.15) is 0 Å². The predicted octanol–water partition coefficient (Wildman–Crippen LogP) is 14.4. The zero-order valence-electron chi connectivity index (χ0n) is 34.3. The maximum Gasteiger partial charge on any atom is 0.0629 e. The minimum Gasteiger partial charge on any atom is -0.310 e. The van der Waals surface area contributed by atoms with Crippen LogP contribution in [0.15, 0.2) is 218 Å². The Morgan fingerprint density at radius 3 is 1.78 bits per heavy atom. The summed E-state index contributed by atoms with van der Waals surface area (Å²) in [6.07, 6.45) is 0.